The van der Waals surface area contributed by atoms with E-state index >= 15 is 0 Å². The van der Waals surface area contributed by atoms with E-state index < -0.39 is 0 Å². The zero-order valence-electron chi connectivity index (χ0n) is 13.2. The first-order valence-electron chi connectivity index (χ1n) is 7.50. The van der Waals surface area contributed by atoms with Gasteiger partial charge in [0.15, 0.2) is 12.2 Å². The first-order chi connectivity index (χ1) is 11.6. The van der Waals surface area contributed by atoms with Crippen molar-refractivity contribution in [3.63, 3.8) is 0 Å². The molecule has 0 fully saturated rings. The summed E-state index contributed by atoms with van der Waals surface area (Å²) in [6.07, 6.45) is 3.06. The highest BCUT2D eigenvalue weighted by molar-refractivity contribution is 5.89. The molecule has 3 rings (SSSR count). The molecule has 0 saturated heterocycles. The summed E-state index contributed by atoms with van der Waals surface area (Å²) in [6.45, 7) is 2.39. The Labute approximate surface area is 139 Å². The summed E-state index contributed by atoms with van der Waals surface area (Å²) in [5.41, 5.74) is 9.97. The van der Waals surface area contributed by atoms with Gasteiger partial charge in [0.05, 0.1) is 6.20 Å². The second-order valence-corrected chi connectivity index (χ2v) is 5.44. The van der Waals surface area contributed by atoms with Crippen LogP contribution in [0.4, 0.5) is 16.2 Å². The zero-order valence-corrected chi connectivity index (χ0v) is 13.2. The Morgan fingerprint density at radius 3 is 2.67 bits per heavy atom. The zero-order chi connectivity index (χ0) is 16.9. The number of amides is 2. The SMILES string of the molecule is Cc1cc(NC(=O)NCc2ccc(N)cc2)ccc1-c1cnco1. The number of aryl methyl sites for hydroxylation is 1. The van der Waals surface area contributed by atoms with E-state index in [2.05, 4.69) is 15.6 Å². The number of hydrogen-bond donors (Lipinski definition) is 3. The lowest BCUT2D eigenvalue weighted by Gasteiger charge is -2.10. The van der Waals surface area contributed by atoms with Crippen LogP contribution in [-0.4, -0.2) is 11.0 Å². The summed E-state index contributed by atoms with van der Waals surface area (Å²) in [4.78, 5) is 15.9. The minimum atomic E-state index is -0.265. The van der Waals surface area contributed by atoms with Crippen molar-refractivity contribution in [2.24, 2.45) is 0 Å². The van der Waals surface area contributed by atoms with Gasteiger partial charge in [-0.3, -0.25) is 0 Å². The molecule has 1 aromatic heterocycles. The number of anilines is 2. The summed E-state index contributed by atoms with van der Waals surface area (Å²) in [5, 5.41) is 5.63. The molecule has 0 radical (unpaired) electrons. The highest BCUT2D eigenvalue weighted by Crippen LogP contribution is 2.25. The third kappa shape index (κ3) is 3.73. The van der Waals surface area contributed by atoms with Crippen molar-refractivity contribution in [3.8, 4) is 11.3 Å². The highest BCUT2D eigenvalue weighted by Gasteiger charge is 2.08. The Bertz CT molecular complexity index is 827. The van der Waals surface area contributed by atoms with Crippen LogP contribution in [-0.2, 0) is 6.54 Å². The lowest BCUT2D eigenvalue weighted by atomic mass is 10.1. The van der Waals surface area contributed by atoms with E-state index in [1.54, 1.807) is 18.3 Å². The van der Waals surface area contributed by atoms with Gasteiger partial charge in [-0.25, -0.2) is 9.78 Å². The van der Waals surface area contributed by atoms with Crippen molar-refractivity contribution in [1.29, 1.82) is 0 Å². The van der Waals surface area contributed by atoms with Crippen LogP contribution in [0.1, 0.15) is 11.1 Å². The second kappa shape index (κ2) is 6.87. The Balaban J connectivity index is 1.60. The molecule has 6 nitrogen and oxygen atoms in total. The average molecular weight is 322 g/mol. The summed E-state index contributed by atoms with van der Waals surface area (Å²) in [5.74, 6) is 0.701. The molecule has 2 aromatic carbocycles. The minimum absolute atomic E-state index is 0.265. The predicted octanol–water partition coefficient (Wildman–Crippen LogP) is 3.55. The van der Waals surface area contributed by atoms with Gasteiger partial charge in [0.1, 0.15) is 0 Å². The van der Waals surface area contributed by atoms with Crippen LogP contribution < -0.4 is 16.4 Å². The number of oxazole rings is 1. The summed E-state index contributed by atoms with van der Waals surface area (Å²) in [6, 6.07) is 12.7. The standard InChI is InChI=1S/C18H18N4O2/c1-12-8-15(6-7-16(12)17-10-20-11-24-17)22-18(23)21-9-13-2-4-14(19)5-3-13/h2-8,10-11H,9,19H2,1H3,(H2,21,22,23). The monoisotopic (exact) mass is 322 g/mol. The van der Waals surface area contributed by atoms with Gasteiger partial charge in [0, 0.05) is 23.5 Å². The van der Waals surface area contributed by atoms with Crippen LogP contribution in [0.2, 0.25) is 0 Å². The maximum atomic E-state index is 12.0. The van der Waals surface area contributed by atoms with Gasteiger partial charge in [-0.1, -0.05) is 12.1 Å². The maximum Gasteiger partial charge on any atom is 0.319 e. The number of carbonyl (C=O) groups excluding carboxylic acids is 1. The Morgan fingerprint density at radius 1 is 1.21 bits per heavy atom. The quantitative estimate of drug-likeness (QED) is 0.640. The molecule has 0 bridgehead atoms. The third-order valence-electron chi connectivity index (χ3n) is 3.61. The van der Waals surface area contributed by atoms with Crippen LogP contribution in [0.5, 0.6) is 0 Å². The van der Waals surface area contributed by atoms with Crippen LogP contribution in [0.3, 0.4) is 0 Å². The van der Waals surface area contributed by atoms with Crippen LogP contribution in [0.15, 0.2) is 59.5 Å². The van der Waals surface area contributed by atoms with Crippen molar-refractivity contribution >= 4 is 17.4 Å². The van der Waals surface area contributed by atoms with Crippen LogP contribution in [0.25, 0.3) is 11.3 Å². The van der Waals surface area contributed by atoms with Crippen molar-refractivity contribution < 1.29 is 9.21 Å². The molecule has 0 spiro atoms. The van der Waals surface area contributed by atoms with E-state index in [1.165, 1.54) is 6.39 Å². The fourth-order valence-corrected chi connectivity index (χ4v) is 2.36. The number of hydrogen-bond acceptors (Lipinski definition) is 4. The molecule has 0 saturated carbocycles. The molecule has 3 aromatic rings. The molecule has 24 heavy (non-hydrogen) atoms. The van der Waals surface area contributed by atoms with E-state index in [9.17, 15) is 4.79 Å². The van der Waals surface area contributed by atoms with E-state index in [4.69, 9.17) is 10.2 Å². The topological polar surface area (TPSA) is 93.2 Å². The van der Waals surface area contributed by atoms with E-state index in [0.717, 1.165) is 16.7 Å². The van der Waals surface area contributed by atoms with Crippen molar-refractivity contribution in [3.05, 3.63) is 66.2 Å². The molecule has 4 N–H and O–H groups in total. The Morgan fingerprint density at radius 2 is 2.00 bits per heavy atom. The van der Waals surface area contributed by atoms with Gasteiger partial charge in [-0.15, -0.1) is 0 Å². The third-order valence-corrected chi connectivity index (χ3v) is 3.61. The maximum absolute atomic E-state index is 12.0. The Hall–Kier alpha value is -3.28. The summed E-state index contributed by atoms with van der Waals surface area (Å²) in [7, 11) is 0. The van der Waals surface area contributed by atoms with Gasteiger partial charge < -0.3 is 20.8 Å². The van der Waals surface area contributed by atoms with Gasteiger partial charge in [0.25, 0.3) is 0 Å². The lowest BCUT2D eigenvalue weighted by Crippen LogP contribution is -2.28. The van der Waals surface area contributed by atoms with Gasteiger partial charge in [0.2, 0.25) is 0 Å². The summed E-state index contributed by atoms with van der Waals surface area (Å²) >= 11 is 0. The number of nitrogens with one attached hydrogen (secondary N) is 2. The largest absolute Gasteiger partial charge is 0.444 e. The number of nitrogens with zero attached hydrogens (tertiary/aromatic N) is 1. The number of nitrogens with two attached hydrogens (primary N) is 1. The minimum Gasteiger partial charge on any atom is -0.444 e. The average Bonchev–Trinajstić information content (AvgIpc) is 3.09. The second-order valence-electron chi connectivity index (χ2n) is 5.44. The molecular formula is C18H18N4O2. The first kappa shape index (κ1) is 15.6. The molecule has 0 aliphatic heterocycles. The number of benzene rings is 2. The van der Waals surface area contributed by atoms with E-state index in [-0.39, 0.29) is 6.03 Å². The normalized spacial score (nSPS) is 10.4. The number of carbonyl (C=O) groups is 1. The van der Waals surface area contributed by atoms with Gasteiger partial charge >= 0.3 is 6.03 Å². The fraction of sp³-hybridized carbons (Fsp3) is 0.111. The molecular weight excluding hydrogens is 304 g/mol. The van der Waals surface area contributed by atoms with Crippen LogP contribution in [0, 0.1) is 6.92 Å². The summed E-state index contributed by atoms with van der Waals surface area (Å²) < 4.78 is 5.30. The molecule has 0 aliphatic carbocycles. The van der Waals surface area contributed by atoms with Crippen LogP contribution >= 0.6 is 0 Å². The Kier molecular flexibility index (Phi) is 4.47. The van der Waals surface area contributed by atoms with Crippen molar-refractivity contribution in [2.45, 2.75) is 13.5 Å². The van der Waals surface area contributed by atoms with Crippen molar-refractivity contribution in [2.75, 3.05) is 11.1 Å². The van der Waals surface area contributed by atoms with E-state index in [0.29, 0.717) is 23.7 Å². The van der Waals surface area contributed by atoms with E-state index in [1.807, 2.05) is 37.3 Å². The molecule has 6 heteroatoms. The first-order valence-corrected chi connectivity index (χ1v) is 7.50. The lowest BCUT2D eigenvalue weighted by molar-refractivity contribution is 0.251. The molecule has 0 aliphatic rings. The van der Waals surface area contributed by atoms with Crippen molar-refractivity contribution in [1.82, 2.24) is 10.3 Å². The highest BCUT2D eigenvalue weighted by atomic mass is 16.3. The number of rotatable bonds is 4. The fourth-order valence-electron chi connectivity index (χ4n) is 2.36. The smallest absolute Gasteiger partial charge is 0.319 e. The number of aromatic nitrogens is 1. The molecule has 0 atom stereocenters. The molecule has 2 amide bonds. The molecule has 0 unspecified atom stereocenters. The predicted molar refractivity (Wildman–Crippen MR) is 93.4 cm³/mol. The molecule has 122 valence electrons. The van der Waals surface area contributed by atoms with Gasteiger partial charge in [-0.05, 0) is 48.4 Å². The number of nitrogen functional groups attached to an aromatic ring is 1. The number of urea groups is 1. The van der Waals surface area contributed by atoms with Gasteiger partial charge in [-0.2, -0.15) is 0 Å². The molecule has 1 heterocycles.